The van der Waals surface area contributed by atoms with Gasteiger partial charge in [-0.3, -0.25) is 4.57 Å². The monoisotopic (exact) mass is 197 g/mol. The summed E-state index contributed by atoms with van der Waals surface area (Å²) in [6.45, 7) is 0. The second kappa shape index (κ2) is 3.17. The number of aromatic nitrogens is 2. The van der Waals surface area contributed by atoms with Gasteiger partial charge in [0.1, 0.15) is 0 Å². The summed E-state index contributed by atoms with van der Waals surface area (Å²) in [5.74, 6) is -3.95. The van der Waals surface area contributed by atoms with Gasteiger partial charge in [0.25, 0.3) is 0 Å². The fourth-order valence-corrected chi connectivity index (χ4v) is 1.05. The smallest absolute Gasteiger partial charge is 0.194 e. The first kappa shape index (κ1) is 8.80. The molecule has 14 heavy (non-hydrogen) atoms. The fraction of sp³-hybridized carbons (Fsp3) is 0. The first-order chi connectivity index (χ1) is 6.68. The molecule has 0 bridgehead atoms. The fourth-order valence-electron chi connectivity index (χ4n) is 1.05. The molecule has 1 aromatic carbocycles. The lowest BCUT2D eigenvalue weighted by molar-refractivity contribution is 0.446. The number of hydrogen-bond acceptors (Lipinski definition) is 1. The summed E-state index contributed by atoms with van der Waals surface area (Å²) in [7, 11) is 0. The Morgan fingerprint density at radius 2 is 1.79 bits per heavy atom. The Morgan fingerprint density at radius 3 is 2.29 bits per heavy atom. The molecule has 0 spiro atoms. The van der Waals surface area contributed by atoms with Crippen LogP contribution in [0, 0.1) is 23.6 Å². The van der Waals surface area contributed by atoms with Crippen LogP contribution in [0.5, 0.6) is 0 Å². The largest absolute Gasteiger partial charge is 0.297 e. The van der Waals surface area contributed by atoms with Crippen LogP contribution in [0.25, 0.3) is 5.69 Å². The number of halogens is 3. The number of hydrogen-bond donors (Lipinski definition) is 0. The molecule has 1 aromatic heterocycles. The molecular weight excluding hydrogens is 193 g/mol. The zero-order valence-corrected chi connectivity index (χ0v) is 6.84. The van der Waals surface area contributed by atoms with E-state index in [1.54, 1.807) is 0 Å². The molecular formula is C9H4F3N2. The van der Waals surface area contributed by atoms with E-state index in [1.165, 1.54) is 17.1 Å². The summed E-state index contributed by atoms with van der Waals surface area (Å²) in [6.07, 6.45) is 5.22. The van der Waals surface area contributed by atoms with Crippen molar-refractivity contribution >= 4 is 0 Å². The quantitative estimate of drug-likeness (QED) is 0.640. The average molecular weight is 197 g/mol. The maximum atomic E-state index is 12.8. The third-order valence-electron chi connectivity index (χ3n) is 1.70. The van der Waals surface area contributed by atoms with Crippen LogP contribution in [0.3, 0.4) is 0 Å². The predicted molar refractivity (Wildman–Crippen MR) is 42.3 cm³/mol. The Hall–Kier alpha value is -1.78. The van der Waals surface area contributed by atoms with Crippen LogP contribution < -0.4 is 0 Å². The van der Waals surface area contributed by atoms with E-state index in [-0.39, 0.29) is 5.69 Å². The Bertz CT molecular complexity index is 428. The molecule has 0 unspecified atom stereocenters. The Labute approximate surface area is 77.6 Å². The van der Waals surface area contributed by atoms with Crippen LogP contribution in [0.1, 0.15) is 0 Å². The molecule has 0 saturated heterocycles. The van der Waals surface area contributed by atoms with Crippen LogP contribution in [0.2, 0.25) is 0 Å². The molecule has 71 valence electrons. The highest BCUT2D eigenvalue weighted by atomic mass is 19.2. The molecule has 0 aliphatic rings. The van der Waals surface area contributed by atoms with Gasteiger partial charge in [-0.25, -0.2) is 18.2 Å². The molecule has 0 saturated carbocycles. The molecule has 0 N–H and O–H groups in total. The van der Waals surface area contributed by atoms with Crippen LogP contribution in [0.15, 0.2) is 24.7 Å². The molecule has 5 heteroatoms. The first-order valence-electron chi connectivity index (χ1n) is 3.73. The highest BCUT2D eigenvalue weighted by Gasteiger charge is 2.10. The predicted octanol–water partition coefficient (Wildman–Crippen LogP) is 2.09. The van der Waals surface area contributed by atoms with Crippen molar-refractivity contribution in [1.29, 1.82) is 0 Å². The second-order valence-electron chi connectivity index (χ2n) is 2.62. The third-order valence-corrected chi connectivity index (χ3v) is 1.70. The molecule has 0 fully saturated rings. The van der Waals surface area contributed by atoms with E-state index < -0.39 is 17.5 Å². The maximum Gasteiger partial charge on any atom is 0.194 e. The minimum atomic E-state index is -1.48. The van der Waals surface area contributed by atoms with Crippen molar-refractivity contribution in [2.24, 2.45) is 0 Å². The summed E-state index contributed by atoms with van der Waals surface area (Å²) in [6, 6.07) is 1.74. The molecule has 2 aromatic rings. The highest BCUT2D eigenvalue weighted by Crippen LogP contribution is 2.16. The Morgan fingerprint density at radius 1 is 1.14 bits per heavy atom. The molecule has 0 atom stereocenters. The van der Waals surface area contributed by atoms with Gasteiger partial charge in [-0.2, -0.15) is 0 Å². The molecule has 2 nitrogen and oxygen atoms in total. The van der Waals surface area contributed by atoms with Crippen molar-refractivity contribution in [3.63, 3.8) is 0 Å². The lowest BCUT2D eigenvalue weighted by atomic mass is 10.3. The Kier molecular flexibility index (Phi) is 1.99. The van der Waals surface area contributed by atoms with Gasteiger partial charge >= 0.3 is 0 Å². The van der Waals surface area contributed by atoms with Crippen LogP contribution in [-0.4, -0.2) is 9.55 Å². The summed E-state index contributed by atoms with van der Waals surface area (Å²) >= 11 is 0. The van der Waals surface area contributed by atoms with Gasteiger partial charge in [0.15, 0.2) is 17.5 Å². The van der Waals surface area contributed by atoms with Crippen molar-refractivity contribution in [3.8, 4) is 5.69 Å². The maximum absolute atomic E-state index is 12.8. The normalized spacial score (nSPS) is 10.5. The minimum absolute atomic E-state index is 0.138. The van der Waals surface area contributed by atoms with Crippen molar-refractivity contribution < 1.29 is 13.2 Å². The molecule has 0 aliphatic heterocycles. The number of benzene rings is 1. The molecule has 2 rings (SSSR count). The van der Waals surface area contributed by atoms with Crippen molar-refractivity contribution in [2.75, 3.05) is 0 Å². The van der Waals surface area contributed by atoms with Crippen molar-refractivity contribution in [2.45, 2.75) is 0 Å². The van der Waals surface area contributed by atoms with E-state index in [0.717, 1.165) is 12.1 Å². The van der Waals surface area contributed by atoms with Crippen molar-refractivity contribution in [3.05, 3.63) is 48.3 Å². The highest BCUT2D eigenvalue weighted by molar-refractivity contribution is 5.33. The van der Waals surface area contributed by atoms with E-state index in [1.807, 2.05) is 0 Å². The topological polar surface area (TPSA) is 17.8 Å². The second-order valence-corrected chi connectivity index (χ2v) is 2.62. The molecule has 0 aliphatic carbocycles. The van der Waals surface area contributed by atoms with E-state index >= 15 is 0 Å². The zero-order valence-electron chi connectivity index (χ0n) is 6.84. The van der Waals surface area contributed by atoms with Gasteiger partial charge in [-0.05, 0) is 0 Å². The SMILES string of the molecule is Fc1cc(-n2[c]cnc2)cc(F)c1F. The average Bonchev–Trinajstić information content (AvgIpc) is 2.66. The lowest BCUT2D eigenvalue weighted by Crippen LogP contribution is -1.97. The summed E-state index contributed by atoms with van der Waals surface area (Å²) in [5.41, 5.74) is 0.138. The number of nitrogens with zero attached hydrogens (tertiary/aromatic N) is 2. The first-order valence-corrected chi connectivity index (χ1v) is 3.73. The van der Waals surface area contributed by atoms with Crippen LogP contribution in [-0.2, 0) is 0 Å². The number of rotatable bonds is 1. The van der Waals surface area contributed by atoms with E-state index in [4.69, 9.17) is 0 Å². The van der Waals surface area contributed by atoms with Crippen LogP contribution >= 0.6 is 0 Å². The van der Waals surface area contributed by atoms with Gasteiger partial charge in [-0.15, -0.1) is 0 Å². The van der Waals surface area contributed by atoms with Gasteiger partial charge in [0, 0.05) is 12.1 Å². The third kappa shape index (κ3) is 1.37. The summed E-state index contributed by atoms with van der Waals surface area (Å²) in [5, 5.41) is 0. The van der Waals surface area contributed by atoms with E-state index in [9.17, 15) is 13.2 Å². The van der Waals surface area contributed by atoms with E-state index in [0.29, 0.717) is 0 Å². The summed E-state index contributed by atoms with van der Waals surface area (Å²) in [4.78, 5) is 3.65. The van der Waals surface area contributed by atoms with Crippen molar-refractivity contribution in [1.82, 2.24) is 9.55 Å². The van der Waals surface area contributed by atoms with Crippen LogP contribution in [0.4, 0.5) is 13.2 Å². The molecule has 0 amide bonds. The zero-order chi connectivity index (χ0) is 10.1. The Balaban J connectivity index is 2.57. The minimum Gasteiger partial charge on any atom is -0.297 e. The number of imidazole rings is 1. The van der Waals surface area contributed by atoms with Gasteiger partial charge in [0.05, 0.1) is 24.4 Å². The van der Waals surface area contributed by atoms with Gasteiger partial charge < -0.3 is 0 Å². The van der Waals surface area contributed by atoms with Gasteiger partial charge in [-0.1, -0.05) is 0 Å². The standard InChI is InChI=1S/C9H4F3N2/c10-7-3-6(4-8(11)9(7)12)14-2-1-13-5-14/h1,3-5H. The lowest BCUT2D eigenvalue weighted by Gasteiger charge is -2.02. The van der Waals surface area contributed by atoms with Gasteiger partial charge in [0.2, 0.25) is 0 Å². The van der Waals surface area contributed by atoms with E-state index in [2.05, 4.69) is 11.2 Å². The molecule has 1 radical (unpaired) electrons. The molecule has 1 heterocycles. The summed E-state index contributed by atoms with van der Waals surface area (Å²) < 4.78 is 39.4.